The van der Waals surface area contributed by atoms with Crippen molar-refractivity contribution in [1.29, 1.82) is 0 Å². The molecule has 1 fully saturated rings. The van der Waals surface area contributed by atoms with Gasteiger partial charge in [0.15, 0.2) is 0 Å². The standard InChI is InChI=1S/C13H17ClFN/c14-12-3-4-13(15)11(9-12)8-10-2-1-6-16-7-5-10/h3-4,9-10,16H,1-2,5-8H2. The van der Waals surface area contributed by atoms with E-state index in [1.165, 1.54) is 18.9 Å². The molecule has 0 radical (unpaired) electrons. The molecule has 0 saturated carbocycles. The van der Waals surface area contributed by atoms with Crippen molar-refractivity contribution >= 4 is 11.6 Å². The van der Waals surface area contributed by atoms with Gasteiger partial charge >= 0.3 is 0 Å². The van der Waals surface area contributed by atoms with Crippen LogP contribution >= 0.6 is 11.6 Å². The lowest BCUT2D eigenvalue weighted by molar-refractivity contribution is 0.458. The highest BCUT2D eigenvalue weighted by atomic mass is 35.5. The minimum Gasteiger partial charge on any atom is -0.317 e. The van der Waals surface area contributed by atoms with E-state index in [0.29, 0.717) is 10.9 Å². The lowest BCUT2D eigenvalue weighted by Gasteiger charge is -2.14. The molecular weight excluding hydrogens is 225 g/mol. The first-order chi connectivity index (χ1) is 7.75. The molecule has 0 bridgehead atoms. The molecular formula is C13H17ClFN. The van der Waals surface area contributed by atoms with Crippen molar-refractivity contribution in [3.05, 3.63) is 34.6 Å². The van der Waals surface area contributed by atoms with Crippen LogP contribution in [0.15, 0.2) is 18.2 Å². The zero-order chi connectivity index (χ0) is 11.4. The minimum absolute atomic E-state index is 0.124. The SMILES string of the molecule is Fc1ccc(Cl)cc1CC1CCCNCC1. The van der Waals surface area contributed by atoms with Crippen molar-refractivity contribution in [3.63, 3.8) is 0 Å². The molecule has 1 heterocycles. The quantitative estimate of drug-likeness (QED) is 0.837. The van der Waals surface area contributed by atoms with Crippen LogP contribution in [0.3, 0.4) is 0 Å². The van der Waals surface area contributed by atoms with Gasteiger partial charge in [-0.3, -0.25) is 0 Å². The molecule has 1 aliphatic rings. The summed E-state index contributed by atoms with van der Waals surface area (Å²) >= 11 is 5.89. The Labute approximate surface area is 101 Å². The molecule has 1 nitrogen and oxygen atoms in total. The molecule has 1 atom stereocenters. The largest absolute Gasteiger partial charge is 0.317 e. The average Bonchev–Trinajstić information content (AvgIpc) is 2.52. The fourth-order valence-electron chi connectivity index (χ4n) is 2.31. The molecule has 0 aliphatic carbocycles. The van der Waals surface area contributed by atoms with Gasteiger partial charge in [0.25, 0.3) is 0 Å². The second kappa shape index (κ2) is 5.65. The lowest BCUT2D eigenvalue weighted by atomic mass is 9.92. The smallest absolute Gasteiger partial charge is 0.126 e. The maximum absolute atomic E-state index is 13.6. The van der Waals surface area contributed by atoms with Crippen molar-refractivity contribution in [3.8, 4) is 0 Å². The number of hydrogen-bond donors (Lipinski definition) is 1. The monoisotopic (exact) mass is 241 g/mol. The van der Waals surface area contributed by atoms with E-state index in [1.807, 2.05) is 0 Å². The van der Waals surface area contributed by atoms with Gasteiger partial charge in [0.1, 0.15) is 5.82 Å². The highest BCUT2D eigenvalue weighted by molar-refractivity contribution is 6.30. The summed E-state index contributed by atoms with van der Waals surface area (Å²) in [6.45, 7) is 2.14. The van der Waals surface area contributed by atoms with Crippen molar-refractivity contribution in [2.45, 2.75) is 25.7 Å². The Morgan fingerprint density at radius 1 is 1.31 bits per heavy atom. The Balaban J connectivity index is 2.04. The van der Waals surface area contributed by atoms with Gasteiger partial charge in [-0.1, -0.05) is 11.6 Å². The number of halogens is 2. The van der Waals surface area contributed by atoms with Crippen LogP contribution in [-0.2, 0) is 6.42 Å². The zero-order valence-corrected chi connectivity index (χ0v) is 10.1. The molecule has 1 unspecified atom stereocenters. The second-order valence-corrected chi connectivity index (χ2v) is 4.92. The maximum atomic E-state index is 13.6. The van der Waals surface area contributed by atoms with E-state index in [0.717, 1.165) is 31.5 Å². The average molecular weight is 242 g/mol. The number of hydrogen-bond acceptors (Lipinski definition) is 1. The third kappa shape index (κ3) is 3.19. The molecule has 0 aromatic heterocycles. The minimum atomic E-state index is -0.124. The Morgan fingerprint density at radius 2 is 2.19 bits per heavy atom. The Hall–Kier alpha value is -0.600. The number of nitrogens with one attached hydrogen (secondary N) is 1. The van der Waals surface area contributed by atoms with Gasteiger partial charge < -0.3 is 5.32 Å². The van der Waals surface area contributed by atoms with Crippen LogP contribution in [0.2, 0.25) is 5.02 Å². The van der Waals surface area contributed by atoms with Gasteiger partial charge in [0, 0.05) is 5.02 Å². The summed E-state index contributed by atoms with van der Waals surface area (Å²) in [7, 11) is 0. The first-order valence-electron chi connectivity index (χ1n) is 5.90. The second-order valence-electron chi connectivity index (χ2n) is 4.49. The fourth-order valence-corrected chi connectivity index (χ4v) is 2.50. The predicted molar refractivity (Wildman–Crippen MR) is 65.3 cm³/mol. The molecule has 0 spiro atoms. The topological polar surface area (TPSA) is 12.0 Å². The molecule has 88 valence electrons. The van der Waals surface area contributed by atoms with Gasteiger partial charge in [-0.25, -0.2) is 4.39 Å². The van der Waals surface area contributed by atoms with Gasteiger partial charge in [0.2, 0.25) is 0 Å². The van der Waals surface area contributed by atoms with E-state index in [4.69, 9.17) is 11.6 Å². The van der Waals surface area contributed by atoms with E-state index in [-0.39, 0.29) is 5.82 Å². The predicted octanol–water partition coefficient (Wildman–Crippen LogP) is 3.41. The van der Waals surface area contributed by atoms with Crippen LogP contribution in [0, 0.1) is 11.7 Å². The van der Waals surface area contributed by atoms with Crippen LogP contribution in [0.1, 0.15) is 24.8 Å². The van der Waals surface area contributed by atoms with E-state index in [2.05, 4.69) is 5.32 Å². The summed E-state index contributed by atoms with van der Waals surface area (Å²) in [5, 5.41) is 4.00. The molecule has 1 aromatic carbocycles. The Kier molecular flexibility index (Phi) is 4.19. The van der Waals surface area contributed by atoms with E-state index in [9.17, 15) is 4.39 Å². The normalized spacial score (nSPS) is 21.8. The van der Waals surface area contributed by atoms with Gasteiger partial charge in [0.05, 0.1) is 0 Å². The first kappa shape index (κ1) is 11.9. The molecule has 1 saturated heterocycles. The molecule has 16 heavy (non-hydrogen) atoms. The number of benzene rings is 1. The summed E-state index contributed by atoms with van der Waals surface area (Å²) in [6.07, 6.45) is 4.31. The summed E-state index contributed by atoms with van der Waals surface area (Å²) in [5.74, 6) is 0.463. The molecule has 2 rings (SSSR count). The van der Waals surface area contributed by atoms with E-state index >= 15 is 0 Å². The van der Waals surface area contributed by atoms with E-state index < -0.39 is 0 Å². The molecule has 1 N–H and O–H groups in total. The molecule has 1 aromatic rings. The van der Waals surface area contributed by atoms with E-state index in [1.54, 1.807) is 12.1 Å². The summed E-state index contributed by atoms with van der Waals surface area (Å²) in [4.78, 5) is 0. The van der Waals surface area contributed by atoms with Gasteiger partial charge in [-0.15, -0.1) is 0 Å². The van der Waals surface area contributed by atoms with Crippen LogP contribution in [0.25, 0.3) is 0 Å². The van der Waals surface area contributed by atoms with Crippen molar-refractivity contribution < 1.29 is 4.39 Å². The lowest BCUT2D eigenvalue weighted by Crippen LogP contribution is -2.14. The summed E-state index contributed by atoms with van der Waals surface area (Å²) in [6, 6.07) is 4.83. The Bertz CT molecular complexity index is 346. The van der Waals surface area contributed by atoms with Crippen molar-refractivity contribution in [2.75, 3.05) is 13.1 Å². The van der Waals surface area contributed by atoms with Crippen molar-refractivity contribution in [1.82, 2.24) is 5.32 Å². The highest BCUT2D eigenvalue weighted by Crippen LogP contribution is 2.23. The van der Waals surface area contributed by atoms with Crippen LogP contribution in [0.4, 0.5) is 4.39 Å². The van der Waals surface area contributed by atoms with Gasteiger partial charge in [-0.2, -0.15) is 0 Å². The van der Waals surface area contributed by atoms with Gasteiger partial charge in [-0.05, 0) is 68.5 Å². The van der Waals surface area contributed by atoms with Crippen LogP contribution in [-0.4, -0.2) is 13.1 Å². The highest BCUT2D eigenvalue weighted by Gasteiger charge is 2.14. The fraction of sp³-hybridized carbons (Fsp3) is 0.538. The van der Waals surface area contributed by atoms with Crippen molar-refractivity contribution in [2.24, 2.45) is 5.92 Å². The third-order valence-corrected chi connectivity index (χ3v) is 3.45. The molecule has 0 amide bonds. The summed E-state index contributed by atoms with van der Waals surface area (Å²) in [5.41, 5.74) is 0.763. The zero-order valence-electron chi connectivity index (χ0n) is 9.31. The third-order valence-electron chi connectivity index (χ3n) is 3.21. The summed E-state index contributed by atoms with van der Waals surface area (Å²) < 4.78 is 13.6. The Morgan fingerprint density at radius 3 is 3.06 bits per heavy atom. The number of rotatable bonds is 2. The van der Waals surface area contributed by atoms with Crippen LogP contribution < -0.4 is 5.32 Å². The maximum Gasteiger partial charge on any atom is 0.126 e. The van der Waals surface area contributed by atoms with Crippen LogP contribution in [0.5, 0.6) is 0 Å². The molecule has 1 aliphatic heterocycles. The molecule has 3 heteroatoms. The first-order valence-corrected chi connectivity index (χ1v) is 6.28.